The van der Waals surface area contributed by atoms with Gasteiger partial charge >= 0.3 is 0 Å². The minimum absolute atomic E-state index is 0.224. The van der Waals surface area contributed by atoms with E-state index in [2.05, 4.69) is 31.3 Å². The molecular weight excluding hydrogens is 246 g/mol. The Morgan fingerprint density at radius 3 is 2.72 bits per heavy atom. The molecule has 0 amide bonds. The van der Waals surface area contributed by atoms with Gasteiger partial charge in [-0.25, -0.2) is 0 Å². The fourth-order valence-corrected chi connectivity index (χ4v) is 2.55. The van der Waals surface area contributed by atoms with Gasteiger partial charge in [0.05, 0.1) is 0 Å². The van der Waals surface area contributed by atoms with Gasteiger partial charge < -0.3 is 10.1 Å². The Bertz CT molecular complexity index is 388. The first-order chi connectivity index (χ1) is 8.62. The average molecular weight is 268 g/mol. The average Bonchev–Trinajstić information content (AvgIpc) is 2.26. The number of benzene rings is 1. The monoisotopic (exact) mass is 267 g/mol. The minimum Gasteiger partial charge on any atom is -0.381 e. The van der Waals surface area contributed by atoms with Crippen molar-refractivity contribution >= 4 is 11.6 Å². The molecule has 0 aliphatic carbocycles. The molecule has 0 unspecified atom stereocenters. The molecule has 0 bridgehead atoms. The lowest BCUT2D eigenvalue weighted by Gasteiger charge is -2.43. The van der Waals surface area contributed by atoms with Crippen LogP contribution >= 0.6 is 11.6 Å². The summed E-state index contributed by atoms with van der Waals surface area (Å²) in [5.41, 5.74) is 1.56. The summed E-state index contributed by atoms with van der Waals surface area (Å²) >= 11 is 6.08. The first-order valence-corrected chi connectivity index (χ1v) is 7.05. The second-order valence-corrected chi connectivity index (χ2v) is 6.05. The van der Waals surface area contributed by atoms with E-state index in [-0.39, 0.29) is 5.41 Å². The SMILES string of the molecule is CC(C)COCCC1(c2cccc(Cl)c2)CNC1. The zero-order valence-corrected chi connectivity index (χ0v) is 12.0. The van der Waals surface area contributed by atoms with Crippen LogP contribution in [0.2, 0.25) is 5.02 Å². The standard InChI is InChI=1S/C15H22ClNO/c1-12(2)9-18-7-6-15(10-17-11-15)13-4-3-5-14(16)8-13/h3-5,8,12,17H,6-7,9-11H2,1-2H3. The summed E-state index contributed by atoms with van der Waals surface area (Å²) < 4.78 is 5.72. The summed E-state index contributed by atoms with van der Waals surface area (Å²) in [6, 6.07) is 8.23. The summed E-state index contributed by atoms with van der Waals surface area (Å²) in [4.78, 5) is 0. The van der Waals surface area contributed by atoms with E-state index < -0.39 is 0 Å². The molecule has 0 atom stereocenters. The number of halogens is 1. The highest BCUT2D eigenvalue weighted by Gasteiger charge is 2.38. The van der Waals surface area contributed by atoms with E-state index in [1.165, 1.54) is 5.56 Å². The number of hydrogen-bond acceptors (Lipinski definition) is 2. The van der Waals surface area contributed by atoms with Crippen LogP contribution in [0, 0.1) is 5.92 Å². The van der Waals surface area contributed by atoms with Crippen LogP contribution in [0.5, 0.6) is 0 Å². The number of ether oxygens (including phenoxy) is 1. The molecule has 1 aliphatic heterocycles. The Kier molecular flexibility index (Phi) is 4.66. The highest BCUT2D eigenvalue weighted by Crippen LogP contribution is 2.33. The summed E-state index contributed by atoms with van der Waals surface area (Å²) in [6.45, 7) is 8.08. The predicted octanol–water partition coefficient (Wildman–Crippen LogP) is 3.24. The van der Waals surface area contributed by atoms with Crippen molar-refractivity contribution in [1.82, 2.24) is 5.32 Å². The van der Waals surface area contributed by atoms with E-state index in [1.807, 2.05) is 12.1 Å². The van der Waals surface area contributed by atoms with Crippen molar-refractivity contribution < 1.29 is 4.74 Å². The van der Waals surface area contributed by atoms with Gasteiger partial charge in [0.1, 0.15) is 0 Å². The molecule has 0 radical (unpaired) electrons. The predicted molar refractivity (Wildman–Crippen MR) is 76.3 cm³/mol. The molecule has 0 aromatic heterocycles. The van der Waals surface area contributed by atoms with Crippen molar-refractivity contribution in [3.63, 3.8) is 0 Å². The Morgan fingerprint density at radius 2 is 2.17 bits per heavy atom. The largest absolute Gasteiger partial charge is 0.381 e. The summed E-state index contributed by atoms with van der Waals surface area (Å²) in [6.07, 6.45) is 1.06. The number of hydrogen-bond donors (Lipinski definition) is 1. The molecule has 1 aliphatic rings. The van der Waals surface area contributed by atoms with Crippen LogP contribution in [0.25, 0.3) is 0 Å². The van der Waals surface area contributed by atoms with E-state index in [0.717, 1.165) is 37.7 Å². The van der Waals surface area contributed by atoms with Crippen molar-refractivity contribution in [2.75, 3.05) is 26.3 Å². The van der Waals surface area contributed by atoms with Gasteiger partial charge in [0.2, 0.25) is 0 Å². The zero-order valence-electron chi connectivity index (χ0n) is 11.2. The van der Waals surface area contributed by atoms with E-state index in [9.17, 15) is 0 Å². The second-order valence-electron chi connectivity index (χ2n) is 5.61. The van der Waals surface area contributed by atoms with Gasteiger partial charge in [-0.2, -0.15) is 0 Å². The summed E-state index contributed by atoms with van der Waals surface area (Å²) in [7, 11) is 0. The van der Waals surface area contributed by atoms with Crippen LogP contribution < -0.4 is 5.32 Å². The Labute approximate surface area is 115 Å². The molecule has 2 rings (SSSR count). The van der Waals surface area contributed by atoms with Crippen molar-refractivity contribution in [1.29, 1.82) is 0 Å². The van der Waals surface area contributed by atoms with Crippen molar-refractivity contribution in [2.24, 2.45) is 5.92 Å². The molecule has 1 heterocycles. The third-order valence-electron chi connectivity index (χ3n) is 3.54. The first-order valence-electron chi connectivity index (χ1n) is 6.67. The maximum absolute atomic E-state index is 6.08. The third-order valence-corrected chi connectivity index (χ3v) is 3.78. The topological polar surface area (TPSA) is 21.3 Å². The number of rotatable bonds is 6. The molecule has 100 valence electrons. The summed E-state index contributed by atoms with van der Waals surface area (Å²) in [5, 5.41) is 4.19. The lowest BCUT2D eigenvalue weighted by Crippen LogP contribution is -2.57. The van der Waals surface area contributed by atoms with Crippen LogP contribution in [-0.2, 0) is 10.2 Å². The van der Waals surface area contributed by atoms with Crippen LogP contribution in [0.4, 0.5) is 0 Å². The van der Waals surface area contributed by atoms with Crippen molar-refractivity contribution in [2.45, 2.75) is 25.7 Å². The zero-order chi connectivity index (χ0) is 13.0. The highest BCUT2D eigenvalue weighted by molar-refractivity contribution is 6.30. The summed E-state index contributed by atoms with van der Waals surface area (Å²) in [5.74, 6) is 0.603. The van der Waals surface area contributed by atoms with Crippen LogP contribution in [0.15, 0.2) is 24.3 Å². The first kappa shape index (κ1) is 13.9. The minimum atomic E-state index is 0.224. The highest BCUT2D eigenvalue weighted by atomic mass is 35.5. The van der Waals surface area contributed by atoms with E-state index in [1.54, 1.807) is 0 Å². The molecule has 0 saturated carbocycles. The molecule has 1 fully saturated rings. The van der Waals surface area contributed by atoms with Crippen LogP contribution in [0.3, 0.4) is 0 Å². The van der Waals surface area contributed by atoms with E-state index >= 15 is 0 Å². The second kappa shape index (κ2) is 6.05. The van der Waals surface area contributed by atoms with Gasteiger partial charge in [0.25, 0.3) is 0 Å². The maximum Gasteiger partial charge on any atom is 0.0488 e. The fourth-order valence-electron chi connectivity index (χ4n) is 2.36. The smallest absolute Gasteiger partial charge is 0.0488 e. The van der Waals surface area contributed by atoms with Gasteiger partial charge in [-0.1, -0.05) is 37.6 Å². The molecule has 0 spiro atoms. The van der Waals surface area contributed by atoms with Crippen molar-refractivity contribution in [3.05, 3.63) is 34.9 Å². The Balaban J connectivity index is 1.94. The van der Waals surface area contributed by atoms with Crippen LogP contribution in [-0.4, -0.2) is 26.3 Å². The Morgan fingerprint density at radius 1 is 1.39 bits per heavy atom. The molecule has 1 aromatic carbocycles. The van der Waals surface area contributed by atoms with Gasteiger partial charge in [-0.15, -0.1) is 0 Å². The lowest BCUT2D eigenvalue weighted by atomic mass is 9.73. The van der Waals surface area contributed by atoms with Gasteiger partial charge in [-0.3, -0.25) is 0 Å². The quantitative estimate of drug-likeness (QED) is 0.799. The molecule has 2 nitrogen and oxygen atoms in total. The van der Waals surface area contributed by atoms with Gasteiger partial charge in [-0.05, 0) is 30.0 Å². The normalized spacial score (nSPS) is 17.8. The fraction of sp³-hybridized carbons (Fsp3) is 0.600. The van der Waals surface area contributed by atoms with Gasteiger partial charge in [0, 0.05) is 36.7 Å². The molecule has 3 heteroatoms. The number of nitrogens with one attached hydrogen (secondary N) is 1. The van der Waals surface area contributed by atoms with E-state index in [0.29, 0.717) is 5.92 Å². The van der Waals surface area contributed by atoms with Gasteiger partial charge in [0.15, 0.2) is 0 Å². The maximum atomic E-state index is 6.08. The van der Waals surface area contributed by atoms with Crippen molar-refractivity contribution in [3.8, 4) is 0 Å². The third kappa shape index (κ3) is 3.25. The molecule has 18 heavy (non-hydrogen) atoms. The molecule has 1 saturated heterocycles. The van der Waals surface area contributed by atoms with Crippen LogP contribution in [0.1, 0.15) is 25.8 Å². The molecular formula is C15H22ClNO. The lowest BCUT2D eigenvalue weighted by molar-refractivity contribution is 0.0817. The Hall–Kier alpha value is -0.570. The van der Waals surface area contributed by atoms with E-state index in [4.69, 9.17) is 16.3 Å². The molecule has 1 aromatic rings. The molecule has 1 N–H and O–H groups in total.